The first-order valence-corrected chi connectivity index (χ1v) is 8.07. The van der Waals surface area contributed by atoms with Gasteiger partial charge in [0.2, 0.25) is 5.75 Å². The number of hydrogen-bond acceptors (Lipinski definition) is 5. The second kappa shape index (κ2) is 9.77. The lowest BCUT2D eigenvalue weighted by atomic mass is 10.1. The lowest BCUT2D eigenvalue weighted by Crippen LogP contribution is -2.06. The van der Waals surface area contributed by atoms with Crippen molar-refractivity contribution < 1.29 is 14.2 Å². The van der Waals surface area contributed by atoms with E-state index in [4.69, 9.17) is 19.9 Å². The summed E-state index contributed by atoms with van der Waals surface area (Å²) >= 11 is 1.92. The van der Waals surface area contributed by atoms with Gasteiger partial charge in [-0.25, -0.2) is 0 Å². The molecule has 0 fully saturated rings. The van der Waals surface area contributed by atoms with Crippen molar-refractivity contribution in [2.24, 2.45) is 5.73 Å². The Morgan fingerprint density at radius 3 is 2.30 bits per heavy atom. The van der Waals surface area contributed by atoms with Crippen molar-refractivity contribution >= 4 is 11.8 Å². The van der Waals surface area contributed by atoms with Crippen LogP contribution in [0.25, 0.3) is 0 Å². The Labute approximate surface area is 126 Å². The van der Waals surface area contributed by atoms with Gasteiger partial charge >= 0.3 is 0 Å². The van der Waals surface area contributed by atoms with E-state index in [1.807, 2.05) is 23.9 Å². The molecule has 114 valence electrons. The van der Waals surface area contributed by atoms with Crippen LogP contribution < -0.4 is 19.9 Å². The molecule has 2 N–H and O–H groups in total. The van der Waals surface area contributed by atoms with Gasteiger partial charge in [0.15, 0.2) is 11.5 Å². The highest BCUT2D eigenvalue weighted by Gasteiger charge is 2.13. The number of hydrogen-bond donors (Lipinski definition) is 1. The van der Waals surface area contributed by atoms with Crippen molar-refractivity contribution in [3.05, 3.63) is 17.7 Å². The summed E-state index contributed by atoms with van der Waals surface area (Å²) < 4.78 is 16.6. The average Bonchev–Trinajstić information content (AvgIpc) is 2.47. The van der Waals surface area contributed by atoms with Crippen LogP contribution in [0.1, 0.15) is 18.9 Å². The Bertz CT molecular complexity index is 374. The fourth-order valence-corrected chi connectivity index (χ4v) is 2.48. The fourth-order valence-electron chi connectivity index (χ4n) is 1.87. The van der Waals surface area contributed by atoms with Crippen LogP contribution in [0.3, 0.4) is 0 Å². The first kappa shape index (κ1) is 17.0. The van der Waals surface area contributed by atoms with Crippen LogP contribution >= 0.6 is 11.8 Å². The van der Waals surface area contributed by atoms with Crippen LogP contribution in [0.5, 0.6) is 17.2 Å². The lowest BCUT2D eigenvalue weighted by Gasteiger charge is -2.16. The highest BCUT2D eigenvalue weighted by atomic mass is 32.2. The molecule has 0 atom stereocenters. The molecular weight excluding hydrogens is 274 g/mol. The third-order valence-corrected chi connectivity index (χ3v) is 3.82. The monoisotopic (exact) mass is 299 g/mol. The van der Waals surface area contributed by atoms with Gasteiger partial charge in [-0.05, 0) is 48.6 Å². The van der Waals surface area contributed by atoms with E-state index in [1.165, 1.54) is 0 Å². The summed E-state index contributed by atoms with van der Waals surface area (Å²) in [7, 11) is 3.28. The van der Waals surface area contributed by atoms with Gasteiger partial charge in [-0.2, -0.15) is 11.8 Å². The minimum Gasteiger partial charge on any atom is -0.493 e. The molecule has 0 aliphatic rings. The molecule has 0 heterocycles. The summed E-state index contributed by atoms with van der Waals surface area (Å²) in [4.78, 5) is 0. The predicted molar refractivity (Wildman–Crippen MR) is 85.4 cm³/mol. The molecule has 1 rings (SSSR count). The third-order valence-electron chi connectivity index (χ3n) is 2.84. The second-order valence-electron chi connectivity index (χ2n) is 4.27. The maximum absolute atomic E-state index is 5.84. The van der Waals surface area contributed by atoms with Gasteiger partial charge in [0.25, 0.3) is 0 Å². The highest BCUT2D eigenvalue weighted by Crippen LogP contribution is 2.38. The second-order valence-corrected chi connectivity index (χ2v) is 5.66. The minimum absolute atomic E-state index is 0.598. The summed E-state index contributed by atoms with van der Waals surface area (Å²) in [5, 5.41) is 0. The molecule has 0 amide bonds. The summed E-state index contributed by atoms with van der Waals surface area (Å²) in [6.45, 7) is 3.42. The van der Waals surface area contributed by atoms with E-state index in [1.54, 1.807) is 14.2 Å². The SMILES string of the molecule is CCSCCCOc1c(OC)cc(CCN)cc1OC. The van der Waals surface area contributed by atoms with Gasteiger partial charge in [-0.3, -0.25) is 0 Å². The molecule has 0 aliphatic carbocycles. The van der Waals surface area contributed by atoms with Gasteiger partial charge in [-0.1, -0.05) is 6.92 Å². The summed E-state index contributed by atoms with van der Waals surface area (Å²) in [6.07, 6.45) is 1.80. The van der Waals surface area contributed by atoms with Crippen molar-refractivity contribution in [1.29, 1.82) is 0 Å². The van der Waals surface area contributed by atoms with Crippen molar-refractivity contribution in [3.63, 3.8) is 0 Å². The molecule has 0 saturated carbocycles. The van der Waals surface area contributed by atoms with Crippen molar-refractivity contribution in [1.82, 2.24) is 0 Å². The molecule has 0 aromatic heterocycles. The van der Waals surface area contributed by atoms with E-state index in [2.05, 4.69) is 6.92 Å². The summed E-state index contributed by atoms with van der Waals surface area (Å²) in [5.74, 6) is 4.33. The molecule has 0 saturated heterocycles. The van der Waals surface area contributed by atoms with E-state index in [0.29, 0.717) is 30.4 Å². The predicted octanol–water partition coefficient (Wildman–Crippen LogP) is 2.73. The van der Waals surface area contributed by atoms with Gasteiger partial charge in [-0.15, -0.1) is 0 Å². The van der Waals surface area contributed by atoms with Crippen LogP contribution in [0, 0.1) is 0 Å². The van der Waals surface area contributed by atoms with Crippen molar-refractivity contribution in [2.75, 3.05) is 38.9 Å². The Kier molecular flexibility index (Phi) is 8.30. The topological polar surface area (TPSA) is 53.7 Å². The van der Waals surface area contributed by atoms with Crippen LogP contribution in [0.4, 0.5) is 0 Å². The maximum atomic E-state index is 5.84. The highest BCUT2D eigenvalue weighted by molar-refractivity contribution is 7.99. The number of methoxy groups -OCH3 is 2. The van der Waals surface area contributed by atoms with Crippen LogP contribution in [-0.2, 0) is 6.42 Å². The average molecular weight is 299 g/mol. The Morgan fingerprint density at radius 2 is 1.80 bits per heavy atom. The van der Waals surface area contributed by atoms with Crippen molar-refractivity contribution in [3.8, 4) is 17.2 Å². The quantitative estimate of drug-likeness (QED) is 0.673. The van der Waals surface area contributed by atoms with Gasteiger partial charge in [0, 0.05) is 0 Å². The Balaban J connectivity index is 2.76. The van der Waals surface area contributed by atoms with E-state index in [-0.39, 0.29) is 0 Å². The minimum atomic E-state index is 0.598. The molecule has 0 radical (unpaired) electrons. The molecule has 5 heteroatoms. The molecule has 0 bridgehead atoms. The largest absolute Gasteiger partial charge is 0.493 e. The number of benzene rings is 1. The zero-order valence-electron chi connectivity index (χ0n) is 12.6. The van der Waals surface area contributed by atoms with Gasteiger partial charge < -0.3 is 19.9 Å². The van der Waals surface area contributed by atoms with E-state index in [9.17, 15) is 0 Å². The third kappa shape index (κ3) is 5.13. The Hall–Kier alpha value is -1.07. The van der Waals surface area contributed by atoms with E-state index >= 15 is 0 Å². The number of thioether (sulfide) groups is 1. The molecule has 20 heavy (non-hydrogen) atoms. The molecule has 0 aliphatic heterocycles. The molecule has 0 unspecified atom stereocenters. The van der Waals surface area contributed by atoms with Crippen molar-refractivity contribution in [2.45, 2.75) is 19.8 Å². The standard InChI is InChI=1S/C15H25NO3S/c1-4-20-9-5-8-19-15-13(17-2)10-12(6-7-16)11-14(15)18-3/h10-11H,4-9,16H2,1-3H3. The molecular formula is C15H25NO3S. The van der Waals surface area contributed by atoms with Gasteiger partial charge in [0.1, 0.15) is 0 Å². The number of ether oxygens (including phenoxy) is 3. The maximum Gasteiger partial charge on any atom is 0.203 e. The van der Waals surface area contributed by atoms with Crippen LogP contribution in [0.2, 0.25) is 0 Å². The summed E-state index contributed by atoms with van der Waals surface area (Å²) in [6, 6.07) is 3.93. The normalized spacial score (nSPS) is 10.4. The Morgan fingerprint density at radius 1 is 1.15 bits per heavy atom. The fraction of sp³-hybridized carbons (Fsp3) is 0.600. The first-order valence-electron chi connectivity index (χ1n) is 6.92. The van der Waals surface area contributed by atoms with Gasteiger partial charge in [0.05, 0.1) is 20.8 Å². The lowest BCUT2D eigenvalue weighted by molar-refractivity contribution is 0.275. The first-order chi connectivity index (χ1) is 9.76. The van der Waals surface area contributed by atoms with E-state index < -0.39 is 0 Å². The number of rotatable bonds is 10. The van der Waals surface area contributed by atoms with Crippen LogP contribution in [-0.4, -0.2) is 38.9 Å². The zero-order valence-corrected chi connectivity index (χ0v) is 13.4. The molecule has 1 aromatic carbocycles. The smallest absolute Gasteiger partial charge is 0.203 e. The number of nitrogens with two attached hydrogens (primary N) is 1. The molecule has 1 aromatic rings. The zero-order chi connectivity index (χ0) is 14.8. The molecule has 4 nitrogen and oxygen atoms in total. The van der Waals surface area contributed by atoms with Crippen LogP contribution in [0.15, 0.2) is 12.1 Å². The summed E-state index contributed by atoms with van der Waals surface area (Å²) in [5.41, 5.74) is 6.69. The molecule has 0 spiro atoms. The van der Waals surface area contributed by atoms with E-state index in [0.717, 1.165) is 29.9 Å².